The Morgan fingerprint density at radius 1 is 1.07 bits per heavy atom. The first-order chi connectivity index (χ1) is 14.1. The zero-order valence-corrected chi connectivity index (χ0v) is 17.2. The molecule has 0 aliphatic carbocycles. The Labute approximate surface area is 175 Å². The maximum atomic E-state index is 12.6. The fraction of sp³-hybridized carbons (Fsp3) is 0.450. The van der Waals surface area contributed by atoms with Crippen molar-refractivity contribution in [3.63, 3.8) is 0 Å². The average molecular weight is 417 g/mol. The highest BCUT2D eigenvalue weighted by molar-refractivity contribution is 6.33. The molecule has 2 saturated heterocycles. The number of anilines is 3. The number of benzene rings is 1. The van der Waals surface area contributed by atoms with Gasteiger partial charge < -0.3 is 24.8 Å². The number of aryl methyl sites for hydroxylation is 1. The summed E-state index contributed by atoms with van der Waals surface area (Å²) in [6, 6.07) is 7.55. The maximum Gasteiger partial charge on any atom is 0.322 e. The fourth-order valence-corrected chi connectivity index (χ4v) is 3.83. The SMILES string of the molecule is Cc1ccc(NC(=O)N2CCN(c3cnnc(N4CCOCC4)c3)CC2)c(Cl)c1. The van der Waals surface area contributed by atoms with E-state index in [1.165, 1.54) is 0 Å². The molecule has 0 saturated carbocycles. The van der Waals surface area contributed by atoms with Crippen LogP contribution in [0.15, 0.2) is 30.5 Å². The molecule has 2 amide bonds. The van der Waals surface area contributed by atoms with Crippen LogP contribution in [-0.4, -0.2) is 73.6 Å². The fourth-order valence-electron chi connectivity index (χ4n) is 3.55. The van der Waals surface area contributed by atoms with Gasteiger partial charge in [0, 0.05) is 45.3 Å². The molecule has 0 radical (unpaired) electrons. The molecule has 1 aromatic heterocycles. The molecule has 8 nitrogen and oxygen atoms in total. The van der Waals surface area contributed by atoms with Crippen LogP contribution >= 0.6 is 11.6 Å². The van der Waals surface area contributed by atoms with Crippen molar-refractivity contribution in [3.8, 4) is 0 Å². The standard InChI is InChI=1S/C20H25ClN6O2/c1-15-2-3-18(17(21)12-15)23-20(28)27-6-4-25(5-7-27)16-13-19(24-22-14-16)26-8-10-29-11-9-26/h2-3,12-14H,4-11H2,1H3,(H,23,28). The van der Waals surface area contributed by atoms with E-state index >= 15 is 0 Å². The van der Waals surface area contributed by atoms with E-state index in [-0.39, 0.29) is 6.03 Å². The van der Waals surface area contributed by atoms with E-state index in [2.05, 4.69) is 31.4 Å². The molecule has 2 aliphatic rings. The molecule has 1 aromatic carbocycles. The number of hydrogen-bond donors (Lipinski definition) is 1. The summed E-state index contributed by atoms with van der Waals surface area (Å²) in [6.07, 6.45) is 1.78. The average Bonchev–Trinajstić information content (AvgIpc) is 2.76. The van der Waals surface area contributed by atoms with Gasteiger partial charge in [0.2, 0.25) is 0 Å². The van der Waals surface area contributed by atoms with Gasteiger partial charge in [0.25, 0.3) is 0 Å². The number of carbonyl (C=O) groups is 1. The predicted molar refractivity (Wildman–Crippen MR) is 114 cm³/mol. The first-order valence-corrected chi connectivity index (χ1v) is 10.2. The quantitative estimate of drug-likeness (QED) is 0.829. The zero-order chi connectivity index (χ0) is 20.2. The van der Waals surface area contributed by atoms with Gasteiger partial charge in [-0.25, -0.2) is 4.79 Å². The Morgan fingerprint density at radius 2 is 1.83 bits per heavy atom. The number of hydrogen-bond acceptors (Lipinski definition) is 6. The molecule has 0 spiro atoms. The Bertz CT molecular complexity index is 866. The number of nitrogens with one attached hydrogen (secondary N) is 1. The van der Waals surface area contributed by atoms with Gasteiger partial charge in [-0.05, 0) is 24.6 Å². The van der Waals surface area contributed by atoms with Crippen molar-refractivity contribution >= 4 is 34.8 Å². The lowest BCUT2D eigenvalue weighted by Gasteiger charge is -2.36. The summed E-state index contributed by atoms with van der Waals surface area (Å²) in [5.74, 6) is 0.875. The van der Waals surface area contributed by atoms with E-state index < -0.39 is 0 Å². The third-order valence-corrected chi connectivity index (χ3v) is 5.57. The monoisotopic (exact) mass is 416 g/mol. The van der Waals surface area contributed by atoms with Crippen molar-refractivity contribution in [1.82, 2.24) is 15.1 Å². The molecule has 2 fully saturated rings. The summed E-state index contributed by atoms with van der Waals surface area (Å²) in [6.45, 7) is 7.79. The number of aromatic nitrogens is 2. The molecule has 0 bridgehead atoms. The van der Waals surface area contributed by atoms with Gasteiger partial charge in [-0.2, -0.15) is 5.10 Å². The number of morpholine rings is 1. The van der Waals surface area contributed by atoms with Gasteiger partial charge in [-0.3, -0.25) is 0 Å². The molecule has 4 rings (SSSR count). The van der Waals surface area contributed by atoms with Crippen LogP contribution in [0.5, 0.6) is 0 Å². The lowest BCUT2D eigenvalue weighted by Crippen LogP contribution is -2.50. The van der Waals surface area contributed by atoms with Crippen LogP contribution in [0, 0.1) is 6.92 Å². The van der Waals surface area contributed by atoms with Crippen LogP contribution in [-0.2, 0) is 4.74 Å². The van der Waals surface area contributed by atoms with Gasteiger partial charge in [0.05, 0.1) is 35.8 Å². The minimum atomic E-state index is -0.128. The van der Waals surface area contributed by atoms with Crippen LogP contribution in [0.3, 0.4) is 0 Å². The summed E-state index contributed by atoms with van der Waals surface area (Å²) in [4.78, 5) is 18.8. The van der Waals surface area contributed by atoms with Gasteiger partial charge in [0.15, 0.2) is 5.82 Å². The van der Waals surface area contributed by atoms with Crippen LogP contribution < -0.4 is 15.1 Å². The van der Waals surface area contributed by atoms with Gasteiger partial charge in [-0.1, -0.05) is 17.7 Å². The van der Waals surface area contributed by atoms with Crippen LogP contribution in [0.4, 0.5) is 22.0 Å². The second-order valence-corrected chi connectivity index (χ2v) is 7.67. The summed E-state index contributed by atoms with van der Waals surface area (Å²) in [5.41, 5.74) is 2.73. The molecule has 0 unspecified atom stereocenters. The van der Waals surface area contributed by atoms with Crippen molar-refractivity contribution in [3.05, 3.63) is 41.0 Å². The summed E-state index contributed by atoms with van der Waals surface area (Å²) in [7, 11) is 0. The van der Waals surface area contributed by atoms with Crippen molar-refractivity contribution in [2.45, 2.75) is 6.92 Å². The van der Waals surface area contributed by atoms with E-state index in [0.717, 1.165) is 43.2 Å². The third-order valence-electron chi connectivity index (χ3n) is 5.26. The van der Waals surface area contributed by atoms with E-state index in [4.69, 9.17) is 16.3 Å². The molecule has 1 N–H and O–H groups in total. The Hall–Kier alpha value is -2.58. The van der Waals surface area contributed by atoms with Crippen molar-refractivity contribution in [2.75, 3.05) is 67.6 Å². The Balaban J connectivity index is 1.35. The molecule has 154 valence electrons. The highest BCUT2D eigenvalue weighted by Gasteiger charge is 2.23. The van der Waals surface area contributed by atoms with Gasteiger partial charge in [-0.15, -0.1) is 5.10 Å². The highest BCUT2D eigenvalue weighted by atomic mass is 35.5. The largest absolute Gasteiger partial charge is 0.378 e. The first kappa shape index (κ1) is 19.7. The molecule has 29 heavy (non-hydrogen) atoms. The van der Waals surface area contributed by atoms with Crippen molar-refractivity contribution < 1.29 is 9.53 Å². The lowest BCUT2D eigenvalue weighted by molar-refractivity contribution is 0.122. The lowest BCUT2D eigenvalue weighted by atomic mass is 10.2. The van der Waals surface area contributed by atoms with Gasteiger partial charge in [0.1, 0.15) is 0 Å². The zero-order valence-electron chi connectivity index (χ0n) is 16.5. The summed E-state index contributed by atoms with van der Waals surface area (Å²) < 4.78 is 5.41. The second-order valence-electron chi connectivity index (χ2n) is 7.26. The van der Waals surface area contributed by atoms with E-state index in [9.17, 15) is 4.79 Å². The second kappa shape index (κ2) is 8.84. The third kappa shape index (κ3) is 4.71. The first-order valence-electron chi connectivity index (χ1n) is 9.82. The topological polar surface area (TPSA) is 73.8 Å². The highest BCUT2D eigenvalue weighted by Crippen LogP contribution is 2.24. The summed E-state index contributed by atoms with van der Waals surface area (Å²) in [5, 5.41) is 11.9. The molecule has 0 atom stereocenters. The number of rotatable bonds is 3. The molecule has 2 aromatic rings. The number of ether oxygens (including phenoxy) is 1. The minimum absolute atomic E-state index is 0.128. The minimum Gasteiger partial charge on any atom is -0.378 e. The molecular formula is C20H25ClN6O2. The van der Waals surface area contributed by atoms with E-state index in [1.54, 1.807) is 6.20 Å². The van der Waals surface area contributed by atoms with Gasteiger partial charge >= 0.3 is 6.03 Å². The Morgan fingerprint density at radius 3 is 2.55 bits per heavy atom. The number of amides is 2. The maximum absolute atomic E-state index is 12.6. The van der Waals surface area contributed by atoms with Crippen LogP contribution in [0.25, 0.3) is 0 Å². The molecule has 3 heterocycles. The van der Waals surface area contributed by atoms with Crippen LogP contribution in [0.1, 0.15) is 5.56 Å². The van der Waals surface area contributed by atoms with Crippen LogP contribution in [0.2, 0.25) is 5.02 Å². The molecule has 2 aliphatic heterocycles. The van der Waals surface area contributed by atoms with Crippen molar-refractivity contribution in [2.24, 2.45) is 0 Å². The molecular weight excluding hydrogens is 392 g/mol. The number of piperazine rings is 1. The number of urea groups is 1. The number of nitrogens with zero attached hydrogens (tertiary/aromatic N) is 5. The van der Waals surface area contributed by atoms with Crippen molar-refractivity contribution in [1.29, 1.82) is 0 Å². The van der Waals surface area contributed by atoms with E-state index in [1.807, 2.05) is 30.0 Å². The smallest absolute Gasteiger partial charge is 0.322 e. The predicted octanol–water partition coefficient (Wildman–Crippen LogP) is 2.63. The number of halogens is 1. The number of carbonyl (C=O) groups excluding carboxylic acids is 1. The van der Waals surface area contributed by atoms with E-state index in [0.29, 0.717) is 37.0 Å². The normalized spacial score (nSPS) is 17.4. The summed E-state index contributed by atoms with van der Waals surface area (Å²) >= 11 is 6.23. The molecule has 9 heteroatoms. The Kier molecular flexibility index (Phi) is 6.01.